The Morgan fingerprint density at radius 1 is 0.528 bits per heavy atom. The molecule has 5 rings (SSSR count). The van der Waals surface area contributed by atoms with Crippen molar-refractivity contribution in [3.8, 4) is 24.2 Å². The molecule has 0 unspecified atom stereocenters. The zero-order chi connectivity index (χ0) is 25.6. The maximum atomic E-state index is 10.6. The first-order valence-corrected chi connectivity index (χ1v) is 11.4. The van der Waals surface area contributed by atoms with Gasteiger partial charge in [-0.2, -0.15) is 0 Å². The van der Waals surface area contributed by atoms with Crippen LogP contribution in [0.1, 0.15) is 58.9 Å². The number of carbonyl (C=O) groups is 3. The molecule has 0 saturated carbocycles. The molecule has 0 amide bonds. The highest BCUT2D eigenvalue weighted by molar-refractivity contribution is 5.76. The molecule has 0 aromatic heterocycles. The van der Waals surface area contributed by atoms with Crippen molar-refractivity contribution in [1.29, 1.82) is 0 Å². The molecule has 0 atom stereocenters. The predicted molar refractivity (Wildman–Crippen MR) is 143 cm³/mol. The molecule has 4 aromatic rings. The van der Waals surface area contributed by atoms with Gasteiger partial charge in [-0.25, -0.2) is 0 Å². The predicted octanol–water partition coefficient (Wildman–Crippen LogP) is 5.98. The molecule has 3 nitrogen and oxygen atoms in total. The minimum Gasteiger partial charge on any atom is -0.298 e. The second-order valence-electron chi connectivity index (χ2n) is 7.89. The number of aryl methyl sites for hydroxylation is 2. The van der Waals surface area contributed by atoms with Crippen LogP contribution in [0.5, 0.6) is 0 Å². The van der Waals surface area contributed by atoms with Gasteiger partial charge in [0.15, 0.2) is 0 Å². The molecule has 4 aromatic carbocycles. The van der Waals surface area contributed by atoms with Gasteiger partial charge in [0.25, 0.3) is 0 Å². The quantitative estimate of drug-likeness (QED) is 0.275. The van der Waals surface area contributed by atoms with E-state index in [0.29, 0.717) is 11.1 Å². The van der Waals surface area contributed by atoms with E-state index in [-0.39, 0.29) is 0 Å². The highest BCUT2D eigenvalue weighted by Gasteiger charge is 2.11. The molecule has 1 aliphatic rings. The Hall–Kier alpha value is -4.99. The van der Waals surface area contributed by atoms with Crippen LogP contribution in [0.15, 0.2) is 97.1 Å². The largest absolute Gasteiger partial charge is 0.298 e. The molecule has 36 heavy (non-hydrogen) atoms. The summed E-state index contributed by atoms with van der Waals surface area (Å²) in [5, 5.41) is 0. The summed E-state index contributed by atoms with van der Waals surface area (Å²) in [4.78, 5) is 31.1. The van der Waals surface area contributed by atoms with Crippen LogP contribution in [0.2, 0.25) is 0 Å². The summed E-state index contributed by atoms with van der Waals surface area (Å²) in [5.41, 5.74) is 7.40. The van der Waals surface area contributed by atoms with Crippen LogP contribution in [0.3, 0.4) is 0 Å². The number of carbonyl (C=O) groups excluding carboxylic acids is 3. The third kappa shape index (κ3) is 7.80. The van der Waals surface area contributed by atoms with Crippen LogP contribution < -0.4 is 0 Å². The fourth-order valence-corrected chi connectivity index (χ4v) is 3.35. The van der Waals surface area contributed by atoms with E-state index in [4.69, 9.17) is 6.42 Å². The molecule has 0 fully saturated rings. The zero-order valence-corrected chi connectivity index (χ0v) is 19.7. The lowest BCUT2D eigenvalue weighted by atomic mass is 9.87. The average Bonchev–Trinajstić information content (AvgIpc) is 2.94. The molecule has 0 aliphatic heterocycles. The molecule has 0 heterocycles. The minimum atomic E-state index is 0.621. The van der Waals surface area contributed by atoms with Gasteiger partial charge >= 0.3 is 0 Å². The van der Waals surface area contributed by atoms with Gasteiger partial charge in [-0.3, -0.25) is 14.4 Å². The molecular formula is C33H24O3. The third-order valence-corrected chi connectivity index (χ3v) is 5.37. The molecule has 174 valence electrons. The van der Waals surface area contributed by atoms with E-state index in [2.05, 4.69) is 17.8 Å². The monoisotopic (exact) mass is 468 g/mol. The summed E-state index contributed by atoms with van der Waals surface area (Å²) in [7, 11) is 0. The van der Waals surface area contributed by atoms with Crippen molar-refractivity contribution in [2.45, 2.75) is 12.8 Å². The smallest absolute Gasteiger partial charge is 0.150 e. The van der Waals surface area contributed by atoms with Crippen molar-refractivity contribution in [3.05, 3.63) is 142 Å². The fraction of sp³-hybridized carbons (Fsp3) is 0.0606. The van der Waals surface area contributed by atoms with E-state index >= 15 is 0 Å². The molecule has 0 spiro atoms. The van der Waals surface area contributed by atoms with Gasteiger partial charge in [-0.05, 0) is 66.4 Å². The molecule has 1 aliphatic carbocycles. The van der Waals surface area contributed by atoms with Gasteiger partial charge in [-0.1, -0.05) is 72.4 Å². The lowest BCUT2D eigenvalue weighted by Gasteiger charge is -2.17. The van der Waals surface area contributed by atoms with Gasteiger partial charge in [0.1, 0.15) is 18.9 Å². The van der Waals surface area contributed by atoms with Crippen LogP contribution in [0.4, 0.5) is 0 Å². The first-order chi connectivity index (χ1) is 17.6. The number of rotatable bonds is 3. The lowest BCUT2D eigenvalue weighted by molar-refractivity contribution is 0.111. The number of aldehydes is 3. The second kappa shape index (κ2) is 13.7. The van der Waals surface area contributed by atoms with Gasteiger partial charge in [-0.15, -0.1) is 6.42 Å². The Morgan fingerprint density at radius 2 is 1.06 bits per heavy atom. The summed E-state index contributed by atoms with van der Waals surface area (Å²) in [6, 6.07) is 29.9. The van der Waals surface area contributed by atoms with Crippen LogP contribution in [0, 0.1) is 24.2 Å². The van der Waals surface area contributed by atoms with E-state index < -0.39 is 0 Å². The SMILES string of the molecule is C#Cc1cccc(C=O)c1.O=Cc1ccc2c(c1)CC2.O=Cc1cccc(C#Cc2ccccc2)c1. The fourth-order valence-electron chi connectivity index (χ4n) is 3.35. The Labute approximate surface area is 211 Å². The first-order valence-electron chi connectivity index (χ1n) is 11.4. The Morgan fingerprint density at radius 3 is 1.61 bits per heavy atom. The van der Waals surface area contributed by atoms with E-state index in [1.54, 1.807) is 36.4 Å². The third-order valence-electron chi connectivity index (χ3n) is 5.37. The number of terminal acetylenes is 1. The summed E-state index contributed by atoms with van der Waals surface area (Å²) in [6.45, 7) is 0. The second-order valence-corrected chi connectivity index (χ2v) is 7.89. The van der Waals surface area contributed by atoms with Gasteiger partial charge in [0.05, 0.1) is 0 Å². The van der Waals surface area contributed by atoms with Crippen molar-refractivity contribution in [2.75, 3.05) is 0 Å². The Kier molecular flexibility index (Phi) is 9.72. The van der Waals surface area contributed by atoms with Gasteiger partial charge in [0.2, 0.25) is 0 Å². The van der Waals surface area contributed by atoms with Crippen LogP contribution in [-0.2, 0) is 12.8 Å². The first kappa shape index (κ1) is 25.6. The molecule has 3 heteroatoms. The van der Waals surface area contributed by atoms with Gasteiger partial charge < -0.3 is 0 Å². The Balaban J connectivity index is 0.000000157. The van der Waals surface area contributed by atoms with Crippen LogP contribution in [0.25, 0.3) is 0 Å². The summed E-state index contributed by atoms with van der Waals surface area (Å²) in [5.74, 6) is 8.52. The van der Waals surface area contributed by atoms with Crippen molar-refractivity contribution >= 4 is 18.9 Å². The van der Waals surface area contributed by atoms with Crippen molar-refractivity contribution < 1.29 is 14.4 Å². The van der Waals surface area contributed by atoms with Crippen LogP contribution >= 0.6 is 0 Å². The van der Waals surface area contributed by atoms with E-state index in [0.717, 1.165) is 47.5 Å². The average molecular weight is 469 g/mol. The summed E-state index contributed by atoms with van der Waals surface area (Å²) >= 11 is 0. The molecule has 0 saturated heterocycles. The van der Waals surface area contributed by atoms with Gasteiger partial charge in [0, 0.05) is 33.4 Å². The van der Waals surface area contributed by atoms with Crippen LogP contribution in [-0.4, -0.2) is 18.9 Å². The summed E-state index contributed by atoms with van der Waals surface area (Å²) < 4.78 is 0. The minimum absolute atomic E-state index is 0.621. The normalized spacial score (nSPS) is 10.1. The number of fused-ring (bicyclic) bond motifs is 1. The number of hydrogen-bond donors (Lipinski definition) is 0. The highest BCUT2D eigenvalue weighted by Crippen LogP contribution is 2.22. The zero-order valence-electron chi connectivity index (χ0n) is 19.7. The van der Waals surface area contributed by atoms with E-state index in [1.807, 2.05) is 60.7 Å². The Bertz CT molecular complexity index is 1450. The lowest BCUT2D eigenvalue weighted by Crippen LogP contribution is -2.07. The van der Waals surface area contributed by atoms with Crippen molar-refractivity contribution in [3.63, 3.8) is 0 Å². The topological polar surface area (TPSA) is 51.2 Å². The number of hydrogen-bond acceptors (Lipinski definition) is 3. The van der Waals surface area contributed by atoms with Crippen molar-refractivity contribution in [2.24, 2.45) is 0 Å². The van der Waals surface area contributed by atoms with E-state index in [9.17, 15) is 14.4 Å². The standard InChI is InChI=1S/C15H10O.C9H8O.C9H6O/c16-12-15-8-4-7-14(11-15)10-9-13-5-2-1-3-6-13;10-6-7-1-2-8-3-4-9(8)5-7;1-2-8-4-3-5-9(6-8)7-10/h1-8,11-12H;1-2,5-6H,3-4H2;1,3-7H. The van der Waals surface area contributed by atoms with E-state index in [1.165, 1.54) is 17.5 Å². The number of benzene rings is 4. The highest BCUT2D eigenvalue weighted by atomic mass is 16.1. The molecule has 0 bridgehead atoms. The van der Waals surface area contributed by atoms with Crippen molar-refractivity contribution in [1.82, 2.24) is 0 Å². The maximum absolute atomic E-state index is 10.6. The maximum Gasteiger partial charge on any atom is 0.150 e. The molecule has 0 N–H and O–H groups in total. The molecule has 0 radical (unpaired) electrons. The molecular weight excluding hydrogens is 444 g/mol. The summed E-state index contributed by atoms with van der Waals surface area (Å²) in [6.07, 6.45) is 9.95.